The van der Waals surface area contributed by atoms with Gasteiger partial charge in [-0.25, -0.2) is 4.79 Å². The molecule has 3 rings (SSSR count). The van der Waals surface area contributed by atoms with Gasteiger partial charge in [-0.05, 0) is 43.0 Å². The molecule has 0 bridgehead atoms. The maximum atomic E-state index is 13.0. The van der Waals surface area contributed by atoms with Gasteiger partial charge >= 0.3 is 5.97 Å². The number of benzene rings is 3. The van der Waals surface area contributed by atoms with Crippen LogP contribution in [-0.4, -0.2) is 28.6 Å². The van der Waals surface area contributed by atoms with Gasteiger partial charge in [0.05, 0.1) is 12.2 Å². The van der Waals surface area contributed by atoms with Gasteiger partial charge in [-0.15, -0.1) is 0 Å². The Hall–Kier alpha value is -3.34. The lowest BCUT2D eigenvalue weighted by atomic mass is 9.93. The van der Waals surface area contributed by atoms with Crippen LogP contribution in [0.3, 0.4) is 0 Å². The van der Waals surface area contributed by atoms with E-state index < -0.39 is 11.8 Å². The molecular weight excluding hydrogens is 332 g/mol. The van der Waals surface area contributed by atoms with Crippen LogP contribution in [0.25, 0.3) is 10.8 Å². The highest BCUT2D eigenvalue weighted by Crippen LogP contribution is 2.32. The first kappa shape index (κ1) is 17.5. The fourth-order valence-corrected chi connectivity index (χ4v) is 2.99. The number of aromatic hydroxyl groups is 2. The van der Waals surface area contributed by atoms with E-state index in [9.17, 15) is 19.8 Å². The number of hydrogen-bond donors (Lipinski definition) is 2. The topological polar surface area (TPSA) is 83.8 Å². The van der Waals surface area contributed by atoms with Gasteiger partial charge < -0.3 is 14.9 Å². The quantitative estimate of drug-likeness (QED) is 0.549. The molecule has 2 N–H and O–H groups in total. The molecule has 0 saturated carbocycles. The molecule has 0 heterocycles. The molecule has 26 heavy (non-hydrogen) atoms. The molecule has 0 saturated heterocycles. The van der Waals surface area contributed by atoms with Crippen LogP contribution in [0.15, 0.2) is 48.5 Å². The van der Waals surface area contributed by atoms with Crippen LogP contribution in [0.5, 0.6) is 11.5 Å². The second kappa shape index (κ2) is 6.88. The van der Waals surface area contributed by atoms with Gasteiger partial charge in [-0.3, -0.25) is 4.79 Å². The average molecular weight is 350 g/mol. The SMILES string of the molecule is CCOC(=O)c1c(O)ccc(C(=O)c2ccc3ccccc3c2O)c1C. The van der Waals surface area contributed by atoms with Crippen molar-refractivity contribution in [1.29, 1.82) is 0 Å². The molecule has 0 aliphatic carbocycles. The summed E-state index contributed by atoms with van der Waals surface area (Å²) in [5.74, 6) is -1.49. The Labute approximate surface area is 150 Å². The Morgan fingerprint density at radius 1 is 0.962 bits per heavy atom. The van der Waals surface area contributed by atoms with Crippen molar-refractivity contribution in [3.05, 3.63) is 70.8 Å². The predicted molar refractivity (Wildman–Crippen MR) is 97.8 cm³/mol. The number of ether oxygens (including phenoxy) is 1. The summed E-state index contributed by atoms with van der Waals surface area (Å²) in [5.41, 5.74) is 0.614. The van der Waals surface area contributed by atoms with Gasteiger partial charge in [-0.1, -0.05) is 30.3 Å². The van der Waals surface area contributed by atoms with Gasteiger partial charge in [0.25, 0.3) is 0 Å². The summed E-state index contributed by atoms with van der Waals surface area (Å²) in [5, 5.41) is 21.9. The summed E-state index contributed by atoms with van der Waals surface area (Å²) in [4.78, 5) is 25.1. The van der Waals surface area contributed by atoms with Crippen molar-refractivity contribution in [3.63, 3.8) is 0 Å². The van der Waals surface area contributed by atoms with Gasteiger partial charge in [0.2, 0.25) is 0 Å². The van der Waals surface area contributed by atoms with Crippen LogP contribution in [0.2, 0.25) is 0 Å². The van der Waals surface area contributed by atoms with E-state index in [1.165, 1.54) is 12.1 Å². The van der Waals surface area contributed by atoms with E-state index in [2.05, 4.69) is 0 Å². The standard InChI is InChI=1S/C21H18O5/c1-3-26-21(25)18-12(2)14(10-11-17(18)22)19(23)16-9-8-13-6-4-5-7-15(13)20(16)24/h4-11,22,24H,3H2,1-2H3. The lowest BCUT2D eigenvalue weighted by Crippen LogP contribution is -2.12. The number of carbonyl (C=O) groups is 2. The minimum Gasteiger partial charge on any atom is -0.507 e. The number of rotatable bonds is 4. The van der Waals surface area contributed by atoms with Crippen molar-refractivity contribution in [3.8, 4) is 11.5 Å². The molecule has 0 aliphatic rings. The Bertz CT molecular complexity index is 1020. The van der Waals surface area contributed by atoms with E-state index in [0.717, 1.165) is 5.39 Å². The van der Waals surface area contributed by atoms with Crippen molar-refractivity contribution < 1.29 is 24.5 Å². The molecule has 0 atom stereocenters. The first-order chi connectivity index (χ1) is 12.5. The Morgan fingerprint density at radius 2 is 1.65 bits per heavy atom. The molecular formula is C21H18O5. The zero-order valence-electron chi connectivity index (χ0n) is 14.4. The van der Waals surface area contributed by atoms with Crippen LogP contribution in [-0.2, 0) is 4.74 Å². The first-order valence-electron chi connectivity index (χ1n) is 8.20. The summed E-state index contributed by atoms with van der Waals surface area (Å²) in [7, 11) is 0. The normalized spacial score (nSPS) is 10.7. The smallest absolute Gasteiger partial charge is 0.342 e. The largest absolute Gasteiger partial charge is 0.507 e. The number of ketones is 1. The minimum absolute atomic E-state index is 0.0435. The summed E-state index contributed by atoms with van der Waals surface area (Å²) in [6.07, 6.45) is 0. The molecule has 0 amide bonds. The van der Waals surface area contributed by atoms with E-state index >= 15 is 0 Å². The highest BCUT2D eigenvalue weighted by atomic mass is 16.5. The third-order valence-electron chi connectivity index (χ3n) is 4.31. The molecule has 0 spiro atoms. The van der Waals surface area contributed by atoms with Gasteiger partial charge in [0, 0.05) is 10.9 Å². The van der Waals surface area contributed by atoms with Crippen LogP contribution < -0.4 is 0 Å². The Balaban J connectivity index is 2.13. The zero-order chi connectivity index (χ0) is 18.8. The van der Waals surface area contributed by atoms with Crippen LogP contribution in [0.4, 0.5) is 0 Å². The third-order valence-corrected chi connectivity index (χ3v) is 4.31. The lowest BCUT2D eigenvalue weighted by Gasteiger charge is -2.13. The molecule has 0 aromatic heterocycles. The van der Waals surface area contributed by atoms with Crippen LogP contribution in [0, 0.1) is 6.92 Å². The summed E-state index contributed by atoms with van der Waals surface area (Å²) in [6.45, 7) is 3.38. The molecule has 0 fully saturated rings. The van der Waals surface area contributed by atoms with Crippen LogP contribution >= 0.6 is 0 Å². The first-order valence-corrected chi connectivity index (χ1v) is 8.20. The highest BCUT2D eigenvalue weighted by Gasteiger charge is 2.23. The van der Waals surface area contributed by atoms with Crippen molar-refractivity contribution in [1.82, 2.24) is 0 Å². The van der Waals surface area contributed by atoms with Gasteiger partial charge in [0.15, 0.2) is 5.78 Å². The van der Waals surface area contributed by atoms with Crippen LogP contribution in [0.1, 0.15) is 38.8 Å². The van der Waals surface area contributed by atoms with E-state index in [4.69, 9.17) is 4.74 Å². The Morgan fingerprint density at radius 3 is 2.38 bits per heavy atom. The van der Waals surface area contributed by atoms with Crippen molar-refractivity contribution in [2.45, 2.75) is 13.8 Å². The minimum atomic E-state index is -0.695. The van der Waals surface area contributed by atoms with Crippen molar-refractivity contribution >= 4 is 22.5 Å². The Kier molecular flexibility index (Phi) is 4.63. The number of phenolic OH excluding ortho intramolecular Hbond substituents is 2. The summed E-state index contributed by atoms with van der Waals surface area (Å²) in [6, 6.07) is 13.2. The molecule has 0 radical (unpaired) electrons. The van der Waals surface area contributed by atoms with Crippen molar-refractivity contribution in [2.24, 2.45) is 0 Å². The summed E-state index contributed by atoms with van der Waals surface area (Å²) >= 11 is 0. The van der Waals surface area contributed by atoms with Crippen molar-refractivity contribution in [2.75, 3.05) is 6.61 Å². The third kappa shape index (κ3) is 2.88. The second-order valence-corrected chi connectivity index (χ2v) is 5.86. The van der Waals surface area contributed by atoms with E-state index in [1.54, 1.807) is 38.1 Å². The zero-order valence-corrected chi connectivity index (χ0v) is 14.4. The summed E-state index contributed by atoms with van der Waals surface area (Å²) < 4.78 is 4.95. The number of hydrogen-bond acceptors (Lipinski definition) is 5. The van der Waals surface area contributed by atoms with E-state index in [-0.39, 0.29) is 34.8 Å². The molecule has 0 unspecified atom stereocenters. The van der Waals surface area contributed by atoms with Gasteiger partial charge in [0.1, 0.15) is 17.1 Å². The van der Waals surface area contributed by atoms with Gasteiger partial charge in [-0.2, -0.15) is 0 Å². The van der Waals surface area contributed by atoms with E-state index in [1.807, 2.05) is 12.1 Å². The molecule has 0 aliphatic heterocycles. The molecule has 3 aromatic rings. The highest BCUT2D eigenvalue weighted by molar-refractivity contribution is 6.15. The lowest BCUT2D eigenvalue weighted by molar-refractivity contribution is 0.0522. The fraction of sp³-hybridized carbons (Fsp3) is 0.143. The number of carbonyl (C=O) groups excluding carboxylic acids is 2. The maximum Gasteiger partial charge on any atom is 0.342 e. The number of esters is 1. The average Bonchev–Trinajstić information content (AvgIpc) is 2.62. The molecule has 5 heteroatoms. The predicted octanol–water partition coefficient (Wildman–Crippen LogP) is 3.97. The van der Waals surface area contributed by atoms with E-state index in [0.29, 0.717) is 10.9 Å². The number of phenols is 2. The number of fused-ring (bicyclic) bond motifs is 1. The molecule has 5 nitrogen and oxygen atoms in total. The molecule has 3 aromatic carbocycles. The maximum absolute atomic E-state index is 13.0. The second-order valence-electron chi connectivity index (χ2n) is 5.86. The fourth-order valence-electron chi connectivity index (χ4n) is 2.99. The molecule has 132 valence electrons. The monoisotopic (exact) mass is 350 g/mol.